The van der Waals surface area contributed by atoms with Gasteiger partial charge in [0.05, 0.1) is 5.41 Å². The number of aromatic nitrogens is 2. The summed E-state index contributed by atoms with van der Waals surface area (Å²) in [5.74, 6) is 0.693. The molecule has 1 saturated heterocycles. The maximum absolute atomic E-state index is 11.9. The van der Waals surface area contributed by atoms with Gasteiger partial charge in [-0.2, -0.15) is 0 Å². The van der Waals surface area contributed by atoms with Gasteiger partial charge in [-0.25, -0.2) is 9.97 Å². The van der Waals surface area contributed by atoms with Crippen molar-refractivity contribution in [3.63, 3.8) is 0 Å². The minimum Gasteiger partial charge on any atom is -0.388 e. The summed E-state index contributed by atoms with van der Waals surface area (Å²) in [4.78, 5) is 22.6. The van der Waals surface area contributed by atoms with Gasteiger partial charge in [-0.1, -0.05) is 12.2 Å². The van der Waals surface area contributed by atoms with E-state index in [9.17, 15) is 4.79 Å². The fraction of sp³-hybridized carbons (Fsp3) is 0.500. The topological polar surface area (TPSA) is 84.1 Å². The second kappa shape index (κ2) is 5.08. The molecule has 1 unspecified atom stereocenters. The van der Waals surface area contributed by atoms with E-state index >= 15 is 0 Å². The predicted octanol–water partition coefficient (Wildman–Crippen LogP) is 0.0732. The van der Waals surface area contributed by atoms with E-state index < -0.39 is 5.41 Å². The third-order valence-electron chi connectivity index (χ3n) is 3.46. The Morgan fingerprint density at radius 3 is 2.84 bits per heavy atom. The van der Waals surface area contributed by atoms with Crippen LogP contribution in [0.15, 0.2) is 12.4 Å². The number of nitrogens with zero attached hydrogens (tertiary/aromatic N) is 3. The second-order valence-electron chi connectivity index (χ2n) is 4.90. The fourth-order valence-corrected chi connectivity index (χ4v) is 2.51. The van der Waals surface area contributed by atoms with Gasteiger partial charge in [-0.15, -0.1) is 0 Å². The van der Waals surface area contributed by atoms with Gasteiger partial charge in [0.15, 0.2) is 5.82 Å². The van der Waals surface area contributed by atoms with Crippen molar-refractivity contribution in [1.82, 2.24) is 15.3 Å². The molecule has 0 aliphatic carbocycles. The molecule has 1 aromatic rings. The lowest BCUT2D eigenvalue weighted by Gasteiger charge is -2.24. The lowest BCUT2D eigenvalue weighted by molar-refractivity contribution is -0.128. The van der Waals surface area contributed by atoms with Crippen molar-refractivity contribution in [2.45, 2.75) is 13.3 Å². The van der Waals surface area contributed by atoms with Crippen LogP contribution in [0.5, 0.6) is 0 Å². The van der Waals surface area contributed by atoms with Crippen molar-refractivity contribution in [3.8, 4) is 0 Å². The van der Waals surface area contributed by atoms with Crippen LogP contribution in [0.4, 0.5) is 5.82 Å². The van der Waals surface area contributed by atoms with Gasteiger partial charge in [0, 0.05) is 32.5 Å². The molecule has 0 spiro atoms. The molecule has 1 fully saturated rings. The Hall–Kier alpha value is -1.76. The van der Waals surface area contributed by atoms with Crippen LogP contribution in [-0.2, 0) is 4.79 Å². The van der Waals surface area contributed by atoms with E-state index in [0.717, 1.165) is 13.0 Å². The van der Waals surface area contributed by atoms with Crippen LogP contribution >= 0.6 is 12.2 Å². The Morgan fingerprint density at radius 1 is 1.53 bits per heavy atom. The molecule has 3 N–H and O–H groups in total. The van der Waals surface area contributed by atoms with Crippen LogP contribution < -0.4 is 16.0 Å². The van der Waals surface area contributed by atoms with Gasteiger partial charge >= 0.3 is 0 Å². The summed E-state index contributed by atoms with van der Waals surface area (Å²) in [6, 6.07) is 0. The highest BCUT2D eigenvalue weighted by molar-refractivity contribution is 7.80. The van der Waals surface area contributed by atoms with Crippen LogP contribution in [0.1, 0.15) is 19.0 Å². The summed E-state index contributed by atoms with van der Waals surface area (Å²) >= 11 is 4.99. The highest BCUT2D eigenvalue weighted by Gasteiger charge is 2.41. The lowest BCUT2D eigenvalue weighted by Crippen LogP contribution is -2.39. The average Bonchev–Trinajstić information content (AvgIpc) is 2.81. The van der Waals surface area contributed by atoms with E-state index in [4.69, 9.17) is 18.0 Å². The largest absolute Gasteiger partial charge is 0.388 e. The molecular weight excluding hydrogens is 262 g/mol. The monoisotopic (exact) mass is 279 g/mol. The minimum atomic E-state index is -0.417. The number of hydrogen-bond acceptors (Lipinski definition) is 5. The van der Waals surface area contributed by atoms with Crippen LogP contribution in [0.3, 0.4) is 0 Å². The average molecular weight is 279 g/mol. The number of rotatable bonds is 3. The Balaban J connectivity index is 2.27. The Labute approximate surface area is 117 Å². The number of thiocarbonyl (C=S) groups is 1. The summed E-state index contributed by atoms with van der Waals surface area (Å²) in [6.07, 6.45) is 3.93. The molecule has 19 heavy (non-hydrogen) atoms. The van der Waals surface area contributed by atoms with Crippen LogP contribution in [0, 0.1) is 5.41 Å². The quantitative estimate of drug-likeness (QED) is 0.762. The summed E-state index contributed by atoms with van der Waals surface area (Å²) in [6.45, 7) is 3.27. The SMILES string of the molecule is CNC(=O)C1(C)CCN(c2nccnc2C(N)=S)C1. The van der Waals surface area contributed by atoms with Gasteiger partial charge in [-0.05, 0) is 13.3 Å². The number of amides is 1. The first kappa shape index (κ1) is 13.7. The third kappa shape index (κ3) is 2.51. The van der Waals surface area contributed by atoms with E-state index in [1.807, 2.05) is 11.8 Å². The van der Waals surface area contributed by atoms with E-state index in [1.165, 1.54) is 0 Å². The molecule has 1 atom stereocenters. The first-order valence-electron chi connectivity index (χ1n) is 6.06. The van der Waals surface area contributed by atoms with E-state index in [0.29, 0.717) is 18.1 Å². The summed E-state index contributed by atoms with van der Waals surface area (Å²) in [7, 11) is 1.65. The first-order valence-corrected chi connectivity index (χ1v) is 6.47. The summed E-state index contributed by atoms with van der Waals surface area (Å²) in [5.41, 5.74) is 5.75. The molecule has 0 aromatic carbocycles. The smallest absolute Gasteiger partial charge is 0.227 e. The molecular formula is C12H17N5OS. The van der Waals surface area contributed by atoms with Crippen molar-refractivity contribution in [2.75, 3.05) is 25.0 Å². The highest BCUT2D eigenvalue weighted by atomic mass is 32.1. The standard InChI is InChI=1S/C12H17N5OS/c1-12(11(18)14-2)3-6-17(7-12)10-8(9(13)19)15-4-5-16-10/h4-5H,3,6-7H2,1-2H3,(H2,13,19)(H,14,18). The first-order chi connectivity index (χ1) is 8.98. The minimum absolute atomic E-state index is 0.0377. The van der Waals surface area contributed by atoms with E-state index in [2.05, 4.69) is 15.3 Å². The maximum atomic E-state index is 11.9. The Bertz CT molecular complexity index is 521. The maximum Gasteiger partial charge on any atom is 0.227 e. The molecule has 7 heteroatoms. The molecule has 1 aromatic heterocycles. The zero-order chi connectivity index (χ0) is 14.0. The summed E-state index contributed by atoms with van der Waals surface area (Å²) < 4.78 is 0. The van der Waals surface area contributed by atoms with Gasteiger partial charge in [-0.3, -0.25) is 4.79 Å². The lowest BCUT2D eigenvalue weighted by atomic mass is 9.89. The second-order valence-corrected chi connectivity index (χ2v) is 5.34. The van der Waals surface area contributed by atoms with Gasteiger partial charge in [0.25, 0.3) is 0 Å². The number of nitrogens with one attached hydrogen (secondary N) is 1. The molecule has 0 radical (unpaired) electrons. The highest BCUT2D eigenvalue weighted by Crippen LogP contribution is 2.33. The Kier molecular flexibility index (Phi) is 3.66. The van der Waals surface area contributed by atoms with Crippen LogP contribution in [-0.4, -0.2) is 41.0 Å². The van der Waals surface area contributed by atoms with Gasteiger partial charge < -0.3 is 16.0 Å². The normalized spacial score (nSPS) is 22.3. The number of carbonyl (C=O) groups is 1. The zero-order valence-electron chi connectivity index (χ0n) is 11.0. The molecule has 1 aliphatic rings. The zero-order valence-corrected chi connectivity index (χ0v) is 11.8. The molecule has 0 saturated carbocycles. The van der Waals surface area contributed by atoms with Gasteiger partial charge in [0.1, 0.15) is 10.7 Å². The fourth-order valence-electron chi connectivity index (χ4n) is 2.36. The molecule has 6 nitrogen and oxygen atoms in total. The van der Waals surface area contributed by atoms with Crippen molar-refractivity contribution >= 4 is 28.9 Å². The number of hydrogen-bond donors (Lipinski definition) is 2. The summed E-state index contributed by atoms with van der Waals surface area (Å²) in [5, 5.41) is 2.70. The Morgan fingerprint density at radius 2 is 2.21 bits per heavy atom. The van der Waals surface area contributed by atoms with Crippen LogP contribution in [0.2, 0.25) is 0 Å². The molecule has 1 amide bonds. The van der Waals surface area contributed by atoms with E-state index in [1.54, 1.807) is 19.4 Å². The van der Waals surface area contributed by atoms with Crippen molar-refractivity contribution in [1.29, 1.82) is 0 Å². The molecule has 1 aliphatic heterocycles. The molecule has 2 heterocycles. The van der Waals surface area contributed by atoms with Crippen molar-refractivity contribution < 1.29 is 4.79 Å². The number of carbonyl (C=O) groups excluding carboxylic acids is 1. The van der Waals surface area contributed by atoms with Crippen LogP contribution in [0.25, 0.3) is 0 Å². The predicted molar refractivity (Wildman–Crippen MR) is 76.9 cm³/mol. The van der Waals surface area contributed by atoms with Gasteiger partial charge in [0.2, 0.25) is 5.91 Å². The van der Waals surface area contributed by atoms with E-state index in [-0.39, 0.29) is 10.9 Å². The van der Waals surface area contributed by atoms with Crippen molar-refractivity contribution in [2.24, 2.45) is 11.1 Å². The molecule has 2 rings (SSSR count). The number of nitrogens with two attached hydrogens (primary N) is 1. The van der Waals surface area contributed by atoms with Crippen molar-refractivity contribution in [3.05, 3.63) is 18.1 Å². The molecule has 0 bridgehead atoms. The number of anilines is 1. The third-order valence-corrected chi connectivity index (χ3v) is 3.65. The molecule has 102 valence electrons.